The lowest BCUT2D eigenvalue weighted by atomic mass is 10.0. The van der Waals surface area contributed by atoms with E-state index in [1.807, 2.05) is 0 Å². The Morgan fingerprint density at radius 1 is 1.14 bits per heavy atom. The molecule has 1 saturated heterocycles. The Morgan fingerprint density at radius 3 is 2.57 bits per heavy atom. The molecule has 1 atom stereocenters. The normalized spacial score (nSPS) is 17.0. The van der Waals surface area contributed by atoms with Crippen LogP contribution in [-0.2, 0) is 4.74 Å². The van der Waals surface area contributed by atoms with Crippen LogP contribution in [0.1, 0.15) is 17.2 Å². The van der Waals surface area contributed by atoms with Gasteiger partial charge in [0.05, 0.1) is 19.3 Å². The topological polar surface area (TPSA) is 12.5 Å². The number of hydrogen-bond acceptors (Lipinski definition) is 3. The molecule has 0 saturated carbocycles. The summed E-state index contributed by atoms with van der Waals surface area (Å²) in [6.45, 7) is 3.43. The maximum absolute atomic E-state index is 5.46. The number of morpholine rings is 1. The summed E-state index contributed by atoms with van der Waals surface area (Å²) >= 11 is 5.18. The third kappa shape index (κ3) is 3.96. The molecule has 3 rings (SSSR count). The molecule has 0 N–H and O–H groups in total. The lowest BCUT2D eigenvalue weighted by molar-refractivity contribution is 0.0270. The highest BCUT2D eigenvalue weighted by Crippen LogP contribution is 2.23. The number of ether oxygens (including phenoxy) is 1. The summed E-state index contributed by atoms with van der Waals surface area (Å²) in [4.78, 5) is 2.39. The van der Waals surface area contributed by atoms with Gasteiger partial charge in [0, 0.05) is 28.5 Å². The van der Waals surface area contributed by atoms with Gasteiger partial charge in [0.15, 0.2) is 0 Å². The van der Waals surface area contributed by atoms with Crippen LogP contribution in [0, 0.1) is 11.8 Å². The highest BCUT2D eigenvalue weighted by atomic mass is 79.9. The first-order chi connectivity index (χ1) is 10.3. The van der Waals surface area contributed by atoms with Crippen molar-refractivity contribution in [2.24, 2.45) is 0 Å². The monoisotopic (exact) mass is 361 g/mol. The lowest BCUT2D eigenvalue weighted by Gasteiger charge is -2.31. The standard InChI is InChI=1S/C17H16BrNOS/c18-16-4-2-15(3-5-16)17(19-8-10-20-11-9-19)6-1-14-7-12-21-13-14/h2-5,7,12-13,17H,8-11H2. The second-order valence-electron chi connectivity index (χ2n) is 4.88. The largest absolute Gasteiger partial charge is 0.379 e. The zero-order valence-corrected chi connectivity index (χ0v) is 14.0. The summed E-state index contributed by atoms with van der Waals surface area (Å²) in [5, 5.41) is 4.15. The molecule has 1 aliphatic heterocycles. The Bertz CT molecular complexity index is 621. The van der Waals surface area contributed by atoms with Gasteiger partial charge in [0.25, 0.3) is 0 Å². The molecule has 1 aromatic heterocycles. The van der Waals surface area contributed by atoms with Gasteiger partial charge >= 0.3 is 0 Å². The lowest BCUT2D eigenvalue weighted by Crippen LogP contribution is -2.38. The van der Waals surface area contributed by atoms with Crippen molar-refractivity contribution in [2.45, 2.75) is 6.04 Å². The summed E-state index contributed by atoms with van der Waals surface area (Å²) in [5.41, 5.74) is 2.33. The number of hydrogen-bond donors (Lipinski definition) is 0. The van der Waals surface area contributed by atoms with Gasteiger partial charge in [0.1, 0.15) is 0 Å². The Balaban J connectivity index is 1.88. The van der Waals surface area contributed by atoms with Crippen LogP contribution in [-0.4, -0.2) is 31.2 Å². The van der Waals surface area contributed by atoms with Crippen LogP contribution < -0.4 is 0 Å². The van der Waals surface area contributed by atoms with Crippen LogP contribution in [0.2, 0.25) is 0 Å². The molecule has 2 aromatic rings. The average molecular weight is 362 g/mol. The molecular weight excluding hydrogens is 346 g/mol. The van der Waals surface area contributed by atoms with Gasteiger partial charge in [-0.3, -0.25) is 4.90 Å². The van der Waals surface area contributed by atoms with Crippen molar-refractivity contribution in [2.75, 3.05) is 26.3 Å². The molecule has 4 heteroatoms. The molecule has 21 heavy (non-hydrogen) atoms. The van der Waals surface area contributed by atoms with Gasteiger partial charge < -0.3 is 4.74 Å². The van der Waals surface area contributed by atoms with E-state index in [1.165, 1.54) is 5.56 Å². The van der Waals surface area contributed by atoms with Crippen LogP contribution in [0.25, 0.3) is 0 Å². The highest BCUT2D eigenvalue weighted by Gasteiger charge is 2.20. The molecule has 1 fully saturated rings. The van der Waals surface area contributed by atoms with E-state index in [2.05, 4.69) is 73.8 Å². The first kappa shape index (κ1) is 14.8. The van der Waals surface area contributed by atoms with Gasteiger partial charge in [-0.25, -0.2) is 0 Å². The van der Waals surface area contributed by atoms with Crippen LogP contribution in [0.3, 0.4) is 0 Å². The average Bonchev–Trinajstić information content (AvgIpc) is 3.04. The Labute approximate surface area is 137 Å². The second-order valence-corrected chi connectivity index (χ2v) is 6.58. The zero-order chi connectivity index (χ0) is 14.5. The van der Waals surface area contributed by atoms with Crippen LogP contribution in [0.4, 0.5) is 0 Å². The molecule has 0 aliphatic carbocycles. The molecule has 0 radical (unpaired) electrons. The van der Waals surface area contributed by atoms with Crippen molar-refractivity contribution in [1.82, 2.24) is 4.90 Å². The van der Waals surface area contributed by atoms with Crippen LogP contribution >= 0.6 is 27.3 Å². The number of nitrogens with zero attached hydrogens (tertiary/aromatic N) is 1. The van der Waals surface area contributed by atoms with E-state index in [9.17, 15) is 0 Å². The molecule has 0 spiro atoms. The van der Waals surface area contributed by atoms with Gasteiger partial charge in [-0.2, -0.15) is 11.3 Å². The van der Waals surface area contributed by atoms with Gasteiger partial charge in [-0.15, -0.1) is 0 Å². The molecule has 1 unspecified atom stereocenters. The minimum Gasteiger partial charge on any atom is -0.379 e. The van der Waals surface area contributed by atoms with E-state index < -0.39 is 0 Å². The predicted octanol–water partition coefficient (Wildman–Crippen LogP) is 3.94. The van der Waals surface area contributed by atoms with Crippen LogP contribution in [0.5, 0.6) is 0 Å². The predicted molar refractivity (Wildman–Crippen MR) is 90.5 cm³/mol. The number of benzene rings is 1. The zero-order valence-electron chi connectivity index (χ0n) is 11.6. The van der Waals surface area contributed by atoms with E-state index >= 15 is 0 Å². The number of thiophene rings is 1. The Kier molecular flexibility index (Phi) is 5.10. The molecule has 0 bridgehead atoms. The van der Waals surface area contributed by atoms with E-state index in [0.29, 0.717) is 0 Å². The quantitative estimate of drug-likeness (QED) is 0.751. The van der Waals surface area contributed by atoms with Gasteiger partial charge in [0.2, 0.25) is 0 Å². The third-order valence-electron chi connectivity index (χ3n) is 3.47. The van der Waals surface area contributed by atoms with Crippen molar-refractivity contribution in [3.63, 3.8) is 0 Å². The Hall–Kier alpha value is -1.12. The molecule has 108 valence electrons. The smallest absolute Gasteiger partial charge is 0.0976 e. The minimum atomic E-state index is 0.127. The Morgan fingerprint density at radius 2 is 1.90 bits per heavy atom. The first-order valence-electron chi connectivity index (χ1n) is 6.94. The summed E-state index contributed by atoms with van der Waals surface area (Å²) < 4.78 is 6.55. The maximum atomic E-state index is 5.46. The summed E-state index contributed by atoms with van der Waals surface area (Å²) in [6.07, 6.45) is 0. The molecule has 2 heterocycles. The minimum absolute atomic E-state index is 0.127. The van der Waals surface area contributed by atoms with Crippen molar-refractivity contribution in [3.8, 4) is 11.8 Å². The van der Waals surface area contributed by atoms with E-state index in [0.717, 1.165) is 36.3 Å². The SMILES string of the molecule is Brc1ccc(C(C#Cc2ccsc2)N2CCOCC2)cc1. The fourth-order valence-electron chi connectivity index (χ4n) is 2.35. The van der Waals surface area contributed by atoms with E-state index in [-0.39, 0.29) is 6.04 Å². The number of rotatable bonds is 2. The molecular formula is C17H16BrNOS. The van der Waals surface area contributed by atoms with Gasteiger partial charge in [-0.05, 0) is 29.1 Å². The van der Waals surface area contributed by atoms with Crippen molar-refractivity contribution in [1.29, 1.82) is 0 Å². The van der Waals surface area contributed by atoms with Crippen molar-refractivity contribution >= 4 is 27.3 Å². The molecule has 1 aliphatic rings. The van der Waals surface area contributed by atoms with Crippen molar-refractivity contribution in [3.05, 3.63) is 56.7 Å². The highest BCUT2D eigenvalue weighted by molar-refractivity contribution is 9.10. The molecule has 2 nitrogen and oxygen atoms in total. The van der Waals surface area contributed by atoms with Crippen molar-refractivity contribution < 1.29 is 4.74 Å². The first-order valence-corrected chi connectivity index (χ1v) is 8.67. The fourth-order valence-corrected chi connectivity index (χ4v) is 3.21. The summed E-state index contributed by atoms with van der Waals surface area (Å²) in [5.74, 6) is 6.74. The van der Waals surface area contributed by atoms with E-state index in [1.54, 1.807) is 11.3 Å². The number of halogens is 1. The van der Waals surface area contributed by atoms with Gasteiger partial charge in [-0.1, -0.05) is 39.9 Å². The fraction of sp³-hybridized carbons (Fsp3) is 0.294. The summed E-state index contributed by atoms with van der Waals surface area (Å²) in [7, 11) is 0. The maximum Gasteiger partial charge on any atom is 0.0976 e. The third-order valence-corrected chi connectivity index (χ3v) is 4.68. The second kappa shape index (κ2) is 7.24. The molecule has 0 amide bonds. The molecule has 1 aromatic carbocycles. The van der Waals surface area contributed by atoms with E-state index in [4.69, 9.17) is 4.74 Å². The summed E-state index contributed by atoms with van der Waals surface area (Å²) in [6, 6.07) is 10.6. The van der Waals surface area contributed by atoms with Crippen LogP contribution in [0.15, 0.2) is 45.6 Å².